The molecule has 2 N–H and O–H groups in total. The molecule has 1 aliphatic rings. The van der Waals surface area contributed by atoms with Crippen LogP contribution in [-0.2, 0) is 14.8 Å². The Labute approximate surface area is 131 Å². The Morgan fingerprint density at radius 3 is 2.62 bits per heavy atom. The molecule has 0 aliphatic carbocycles. The van der Waals surface area contributed by atoms with Gasteiger partial charge >= 0.3 is 0 Å². The molecular weight excluding hydrogens is 308 g/mol. The molecule has 0 radical (unpaired) electrons. The maximum atomic E-state index is 12.5. The van der Waals surface area contributed by atoms with Crippen molar-refractivity contribution in [1.82, 2.24) is 4.31 Å². The molecule has 0 bridgehead atoms. The molecule has 1 saturated heterocycles. The van der Waals surface area contributed by atoms with Crippen LogP contribution in [0, 0.1) is 5.92 Å². The lowest BCUT2D eigenvalue weighted by molar-refractivity contribution is 0.0495. The van der Waals surface area contributed by atoms with E-state index < -0.39 is 10.0 Å². The van der Waals surface area contributed by atoms with Crippen molar-refractivity contribution in [3.05, 3.63) is 29.8 Å². The first-order chi connectivity index (χ1) is 9.91. The summed E-state index contributed by atoms with van der Waals surface area (Å²) in [5.41, 5.74) is 6.17. The monoisotopic (exact) mass is 328 g/mol. The summed E-state index contributed by atoms with van der Waals surface area (Å²) in [7, 11) is -1.88. The van der Waals surface area contributed by atoms with Gasteiger partial charge in [-0.05, 0) is 30.9 Å². The van der Waals surface area contributed by atoms with E-state index in [1.54, 1.807) is 19.2 Å². The summed E-state index contributed by atoms with van der Waals surface area (Å²) >= 11 is 4.86. The summed E-state index contributed by atoms with van der Waals surface area (Å²) in [5.74, 6) is 0.259. The average Bonchev–Trinajstić information content (AvgIpc) is 2.48. The Balaban J connectivity index is 2.10. The van der Waals surface area contributed by atoms with Crippen LogP contribution in [0.15, 0.2) is 29.2 Å². The summed E-state index contributed by atoms with van der Waals surface area (Å²) in [5, 5.41) is 0. The van der Waals surface area contributed by atoms with Crippen LogP contribution in [0.2, 0.25) is 0 Å². The first-order valence-corrected chi connectivity index (χ1v) is 8.70. The maximum Gasteiger partial charge on any atom is 0.242 e. The molecule has 2 rings (SSSR count). The van der Waals surface area contributed by atoms with E-state index in [2.05, 4.69) is 0 Å². The third-order valence-corrected chi connectivity index (χ3v) is 5.69. The topological polar surface area (TPSA) is 72.6 Å². The third-order valence-electron chi connectivity index (χ3n) is 3.62. The van der Waals surface area contributed by atoms with Gasteiger partial charge in [-0.3, -0.25) is 0 Å². The van der Waals surface area contributed by atoms with E-state index in [1.807, 2.05) is 0 Å². The van der Waals surface area contributed by atoms with Crippen LogP contribution < -0.4 is 5.73 Å². The molecule has 1 aromatic rings. The predicted molar refractivity (Wildman–Crippen MR) is 85.7 cm³/mol. The SMILES string of the molecule is CN(CC1CCCOC1)S(=O)(=O)c1ccc(C(N)=S)cc1. The molecule has 7 heteroatoms. The molecule has 0 spiro atoms. The number of hydrogen-bond acceptors (Lipinski definition) is 4. The molecule has 1 aromatic carbocycles. The highest BCUT2D eigenvalue weighted by Gasteiger charge is 2.25. The van der Waals surface area contributed by atoms with Crippen molar-refractivity contribution in [2.24, 2.45) is 11.7 Å². The fourth-order valence-corrected chi connectivity index (χ4v) is 3.77. The van der Waals surface area contributed by atoms with Crippen molar-refractivity contribution >= 4 is 27.2 Å². The van der Waals surface area contributed by atoms with Gasteiger partial charge in [-0.15, -0.1) is 0 Å². The van der Waals surface area contributed by atoms with Crippen molar-refractivity contribution in [3.8, 4) is 0 Å². The van der Waals surface area contributed by atoms with Crippen LogP contribution in [0.4, 0.5) is 0 Å². The second-order valence-electron chi connectivity index (χ2n) is 5.26. The number of ether oxygens (including phenoxy) is 1. The molecule has 0 aromatic heterocycles. The highest BCUT2D eigenvalue weighted by molar-refractivity contribution is 7.89. The maximum absolute atomic E-state index is 12.5. The quantitative estimate of drug-likeness (QED) is 0.827. The number of nitrogens with zero attached hydrogens (tertiary/aromatic N) is 1. The summed E-state index contributed by atoms with van der Waals surface area (Å²) in [4.78, 5) is 0.508. The number of hydrogen-bond donors (Lipinski definition) is 1. The third kappa shape index (κ3) is 4.00. The van der Waals surface area contributed by atoms with Crippen molar-refractivity contribution in [1.29, 1.82) is 0 Å². The number of thiocarbonyl (C=S) groups is 1. The molecular formula is C14H20N2O3S2. The fraction of sp³-hybridized carbons (Fsp3) is 0.500. The van der Waals surface area contributed by atoms with E-state index in [0.29, 0.717) is 18.7 Å². The van der Waals surface area contributed by atoms with E-state index in [4.69, 9.17) is 22.7 Å². The van der Waals surface area contributed by atoms with Crippen LogP contribution in [0.1, 0.15) is 18.4 Å². The Kier molecular flexibility index (Phi) is 5.32. The second kappa shape index (κ2) is 6.83. The number of rotatable bonds is 5. The summed E-state index contributed by atoms with van der Waals surface area (Å²) in [6.07, 6.45) is 1.99. The number of sulfonamides is 1. The average molecular weight is 328 g/mol. The minimum absolute atomic E-state index is 0.252. The smallest absolute Gasteiger partial charge is 0.242 e. The highest BCUT2D eigenvalue weighted by atomic mass is 32.2. The van der Waals surface area contributed by atoms with Crippen molar-refractivity contribution in [2.75, 3.05) is 26.8 Å². The Morgan fingerprint density at radius 1 is 1.43 bits per heavy atom. The van der Waals surface area contributed by atoms with E-state index in [0.717, 1.165) is 19.4 Å². The molecule has 5 nitrogen and oxygen atoms in total. The Hall–Kier alpha value is -1.02. The molecule has 1 heterocycles. The zero-order chi connectivity index (χ0) is 15.5. The lowest BCUT2D eigenvalue weighted by Gasteiger charge is -2.26. The molecule has 0 saturated carbocycles. The predicted octanol–water partition coefficient (Wildman–Crippen LogP) is 1.37. The minimum Gasteiger partial charge on any atom is -0.389 e. The van der Waals surface area contributed by atoms with Crippen LogP contribution >= 0.6 is 12.2 Å². The Morgan fingerprint density at radius 2 is 2.10 bits per heavy atom. The normalized spacial score (nSPS) is 19.6. The molecule has 1 aliphatic heterocycles. The van der Waals surface area contributed by atoms with E-state index >= 15 is 0 Å². The molecule has 1 fully saturated rings. The first-order valence-electron chi connectivity index (χ1n) is 6.85. The minimum atomic E-state index is -3.49. The van der Waals surface area contributed by atoms with Crippen LogP contribution in [-0.4, -0.2) is 44.5 Å². The second-order valence-corrected chi connectivity index (χ2v) is 7.74. The number of nitrogens with two attached hydrogens (primary N) is 1. The summed E-state index contributed by atoms with van der Waals surface area (Å²) < 4.78 is 31.8. The number of benzene rings is 1. The zero-order valence-electron chi connectivity index (χ0n) is 12.0. The van der Waals surface area contributed by atoms with Gasteiger partial charge in [-0.2, -0.15) is 0 Å². The standard InChI is InChI=1S/C14H20N2O3S2/c1-16(9-11-3-2-8-19-10-11)21(17,18)13-6-4-12(5-7-13)14(15)20/h4-7,11H,2-3,8-10H2,1H3,(H2,15,20). The fourth-order valence-electron chi connectivity index (χ4n) is 2.38. The van der Waals surface area contributed by atoms with Crippen LogP contribution in [0.3, 0.4) is 0 Å². The molecule has 116 valence electrons. The summed E-state index contributed by atoms with van der Waals surface area (Å²) in [6, 6.07) is 6.34. The summed E-state index contributed by atoms with van der Waals surface area (Å²) in [6.45, 7) is 1.87. The molecule has 21 heavy (non-hydrogen) atoms. The van der Waals surface area contributed by atoms with Crippen molar-refractivity contribution in [2.45, 2.75) is 17.7 Å². The van der Waals surface area contributed by atoms with E-state index in [1.165, 1.54) is 16.4 Å². The zero-order valence-corrected chi connectivity index (χ0v) is 13.6. The van der Waals surface area contributed by atoms with Gasteiger partial charge in [0.2, 0.25) is 10.0 Å². The first kappa shape index (κ1) is 16.4. The van der Waals surface area contributed by atoms with Gasteiger partial charge in [0.25, 0.3) is 0 Å². The van der Waals surface area contributed by atoms with Gasteiger partial charge in [0.05, 0.1) is 11.5 Å². The van der Waals surface area contributed by atoms with Gasteiger partial charge in [0, 0.05) is 25.8 Å². The van der Waals surface area contributed by atoms with Gasteiger partial charge < -0.3 is 10.5 Å². The van der Waals surface area contributed by atoms with E-state index in [-0.39, 0.29) is 15.8 Å². The lowest BCUT2D eigenvalue weighted by atomic mass is 10.0. The van der Waals surface area contributed by atoms with Crippen molar-refractivity contribution in [3.63, 3.8) is 0 Å². The Bertz CT molecular complexity index is 593. The highest BCUT2D eigenvalue weighted by Crippen LogP contribution is 2.20. The van der Waals surface area contributed by atoms with Gasteiger partial charge in [0.15, 0.2) is 0 Å². The lowest BCUT2D eigenvalue weighted by Crippen LogP contribution is -2.35. The van der Waals surface area contributed by atoms with Crippen LogP contribution in [0.5, 0.6) is 0 Å². The van der Waals surface area contributed by atoms with Crippen LogP contribution in [0.25, 0.3) is 0 Å². The molecule has 1 atom stereocenters. The van der Waals surface area contributed by atoms with Gasteiger partial charge in [-0.1, -0.05) is 24.4 Å². The van der Waals surface area contributed by atoms with Gasteiger partial charge in [0.1, 0.15) is 4.99 Å². The molecule has 1 unspecified atom stereocenters. The van der Waals surface area contributed by atoms with Crippen molar-refractivity contribution < 1.29 is 13.2 Å². The van der Waals surface area contributed by atoms with E-state index in [9.17, 15) is 8.42 Å². The molecule has 0 amide bonds. The largest absolute Gasteiger partial charge is 0.389 e. The van der Waals surface area contributed by atoms with Gasteiger partial charge in [-0.25, -0.2) is 12.7 Å².